The quantitative estimate of drug-likeness (QED) is 0.153. The Kier molecular flexibility index (Phi) is 18.8. The Hall–Kier alpha value is -2.28. The molecule has 1 aromatic carbocycles. The first kappa shape index (κ1) is 52.3. The van der Waals surface area contributed by atoms with Crippen LogP contribution in [0.1, 0.15) is 101 Å². The minimum Gasteiger partial charge on any atom is -0.490 e. The SMILES string of the molecule is CC[C@H]1CC(=O)[C@H](C)[C@@H](O[C@H]2C[C@@](C)(OC)[C@@H](O)[C@H](C)O2)[C@H](C)[C@@H](O[C@@H]2O[C@H](C)C[C@H](N(C)C)[C@H]2O)[C@](C)(OC)C[C@@H](C)/C(=N\OCCOc2ccccc2)[C@H](C)[C@@H](O)[C@]1(C)O. The van der Waals surface area contributed by atoms with Crippen LogP contribution >= 0.6 is 0 Å². The molecule has 1 saturated carbocycles. The molecule has 0 spiro atoms. The van der Waals surface area contributed by atoms with Crippen molar-refractivity contribution in [2.45, 2.75) is 179 Å². The van der Waals surface area contributed by atoms with Gasteiger partial charge in [-0.25, -0.2) is 0 Å². The lowest BCUT2D eigenvalue weighted by molar-refractivity contribution is -0.318. The van der Waals surface area contributed by atoms with E-state index in [1.165, 1.54) is 7.11 Å². The van der Waals surface area contributed by atoms with E-state index >= 15 is 0 Å². The molecule has 2 aliphatic heterocycles. The van der Waals surface area contributed by atoms with Gasteiger partial charge in [0.25, 0.3) is 0 Å². The van der Waals surface area contributed by atoms with Gasteiger partial charge in [-0.1, -0.05) is 64.4 Å². The van der Waals surface area contributed by atoms with Gasteiger partial charge < -0.3 is 63.3 Å². The second-order valence-electron chi connectivity index (χ2n) is 19.2. The zero-order valence-electron chi connectivity index (χ0n) is 39.9. The fraction of sp³-hybridized carbons (Fsp3) is 0.830. The van der Waals surface area contributed by atoms with Crippen molar-refractivity contribution in [3.05, 3.63) is 30.3 Å². The number of nitrogens with zero attached hydrogens (tertiary/aromatic N) is 2. The van der Waals surface area contributed by atoms with Crippen molar-refractivity contribution in [1.29, 1.82) is 0 Å². The summed E-state index contributed by atoms with van der Waals surface area (Å²) < 4.78 is 44.8. The Morgan fingerprint density at radius 1 is 0.855 bits per heavy atom. The number of ketones is 1. The maximum atomic E-state index is 14.7. The van der Waals surface area contributed by atoms with Gasteiger partial charge in [0.15, 0.2) is 19.2 Å². The van der Waals surface area contributed by atoms with Crippen LogP contribution in [-0.2, 0) is 38.1 Å². The number of aliphatic hydroxyl groups is 4. The van der Waals surface area contributed by atoms with E-state index in [-0.39, 0.29) is 50.4 Å². The number of carbonyl (C=O) groups is 1. The van der Waals surface area contributed by atoms with Crippen molar-refractivity contribution < 1.29 is 63.2 Å². The molecule has 15 heteroatoms. The van der Waals surface area contributed by atoms with Crippen LogP contribution in [-0.4, -0.2) is 157 Å². The van der Waals surface area contributed by atoms with Crippen LogP contribution in [0.3, 0.4) is 0 Å². The highest BCUT2D eigenvalue weighted by Gasteiger charge is 2.53. The first-order valence-electron chi connectivity index (χ1n) is 22.6. The number of aliphatic hydroxyl groups excluding tert-OH is 3. The lowest BCUT2D eigenvalue weighted by Gasteiger charge is -2.50. The summed E-state index contributed by atoms with van der Waals surface area (Å²) in [4.78, 5) is 22.6. The van der Waals surface area contributed by atoms with E-state index in [0.717, 1.165) is 0 Å². The molecule has 0 aromatic heterocycles. The molecule has 15 nitrogen and oxygen atoms in total. The van der Waals surface area contributed by atoms with E-state index in [1.807, 2.05) is 83.9 Å². The number of para-hydroxylation sites is 1. The van der Waals surface area contributed by atoms with Gasteiger partial charge in [0, 0.05) is 56.8 Å². The molecular weight excluding hydrogens is 801 g/mol. The molecule has 1 aliphatic carbocycles. The predicted octanol–water partition coefficient (Wildman–Crippen LogP) is 4.99. The third kappa shape index (κ3) is 12.1. The van der Waals surface area contributed by atoms with E-state index in [2.05, 4.69) is 5.16 Å². The zero-order chi connectivity index (χ0) is 46.3. The zero-order valence-corrected chi connectivity index (χ0v) is 39.9. The Labute approximate surface area is 370 Å². The lowest BCUT2D eigenvalue weighted by Crippen LogP contribution is -2.61. The molecule has 4 N–H and O–H groups in total. The van der Waals surface area contributed by atoms with Crippen LogP contribution in [0, 0.1) is 29.6 Å². The minimum atomic E-state index is -1.71. The second-order valence-corrected chi connectivity index (χ2v) is 19.2. The van der Waals surface area contributed by atoms with Crippen molar-refractivity contribution >= 4 is 11.5 Å². The van der Waals surface area contributed by atoms with Crippen LogP contribution in [0.2, 0.25) is 0 Å². The van der Waals surface area contributed by atoms with E-state index in [1.54, 1.807) is 41.7 Å². The van der Waals surface area contributed by atoms with Gasteiger partial charge >= 0.3 is 0 Å². The van der Waals surface area contributed by atoms with E-state index in [9.17, 15) is 25.2 Å². The Bertz CT molecular complexity index is 1570. The van der Waals surface area contributed by atoms with Gasteiger partial charge in [-0.05, 0) is 79.6 Å². The van der Waals surface area contributed by atoms with E-state index in [4.69, 9.17) is 38.0 Å². The molecule has 2 saturated heterocycles. The molecule has 0 amide bonds. The molecule has 0 radical (unpaired) electrons. The molecular formula is C47H80N2O13. The third-order valence-electron chi connectivity index (χ3n) is 14.3. The summed E-state index contributed by atoms with van der Waals surface area (Å²) in [6.07, 6.45) is -6.61. The smallest absolute Gasteiger partial charge is 0.185 e. The Morgan fingerprint density at radius 3 is 2.10 bits per heavy atom. The summed E-state index contributed by atoms with van der Waals surface area (Å²) in [6.45, 7) is 18.7. The molecule has 3 aliphatic rings. The van der Waals surface area contributed by atoms with Gasteiger partial charge in [-0.3, -0.25) is 4.79 Å². The van der Waals surface area contributed by atoms with Crippen LogP contribution in [0.15, 0.2) is 35.5 Å². The molecule has 18 atom stereocenters. The maximum Gasteiger partial charge on any atom is 0.185 e. The number of methoxy groups -OCH3 is 2. The van der Waals surface area contributed by atoms with Crippen molar-refractivity contribution in [3.8, 4) is 5.75 Å². The summed E-state index contributed by atoms with van der Waals surface area (Å²) in [5, 5.41) is 51.9. The standard InChI is InChI=1S/C47H80N2O13/c1-15-33-24-36(50)29(4)40(61-37-26-45(8,55-13)42(53)32(7)60-37)31(6)43(62-44-39(51)35(49(11)12)23-28(3)59-44)46(9,56-14)25-27(2)38(30(5)41(52)47(33,10)54)48-58-22-21-57-34-19-17-16-18-20-34/h16-20,27-33,35,37,39-44,51-54H,15,21-26H2,1-14H3/b48-38+/t27-,28-,29+,30+,31+,32+,33+,35+,37+,39-,40-,41-,42+,43-,44+,45-,46-,47-/m1/s1. The average Bonchev–Trinajstić information content (AvgIpc) is 3.23. The van der Waals surface area contributed by atoms with Crippen molar-refractivity contribution in [1.82, 2.24) is 4.90 Å². The normalized spacial score (nSPS) is 43.6. The number of carbonyl (C=O) groups excluding carboxylic acids is 1. The number of oxime groups is 1. The number of likely N-dealkylation sites (N-methyl/N-ethyl adjacent to an activating group) is 1. The Morgan fingerprint density at radius 2 is 1.50 bits per heavy atom. The Balaban J connectivity index is 1.85. The van der Waals surface area contributed by atoms with Crippen LogP contribution in [0.25, 0.3) is 0 Å². The van der Waals surface area contributed by atoms with Crippen molar-refractivity contribution in [2.24, 2.45) is 34.7 Å². The average molecular weight is 881 g/mol. The lowest BCUT2D eigenvalue weighted by atomic mass is 9.69. The van der Waals surface area contributed by atoms with Crippen LogP contribution in [0.4, 0.5) is 0 Å². The molecule has 1 aromatic rings. The highest BCUT2D eigenvalue weighted by Crippen LogP contribution is 2.43. The number of hydrogen-bond donors (Lipinski definition) is 4. The predicted molar refractivity (Wildman–Crippen MR) is 235 cm³/mol. The second kappa shape index (κ2) is 22.3. The number of ether oxygens (including phenoxy) is 7. The molecule has 2 heterocycles. The fourth-order valence-electron chi connectivity index (χ4n) is 10.0. The molecule has 3 fully saturated rings. The molecule has 0 unspecified atom stereocenters. The monoisotopic (exact) mass is 881 g/mol. The highest BCUT2D eigenvalue weighted by atomic mass is 16.7. The van der Waals surface area contributed by atoms with E-state index in [0.29, 0.717) is 24.3 Å². The van der Waals surface area contributed by atoms with Crippen LogP contribution < -0.4 is 4.74 Å². The fourth-order valence-corrected chi connectivity index (χ4v) is 10.0. The van der Waals surface area contributed by atoms with Crippen molar-refractivity contribution in [3.63, 3.8) is 0 Å². The molecule has 62 heavy (non-hydrogen) atoms. The first-order chi connectivity index (χ1) is 29.0. The molecule has 4 rings (SSSR count). The molecule has 0 bridgehead atoms. The van der Waals surface area contributed by atoms with Gasteiger partial charge in [-0.15, -0.1) is 0 Å². The van der Waals surface area contributed by atoms with Gasteiger partial charge in [0.1, 0.15) is 30.3 Å². The first-order valence-corrected chi connectivity index (χ1v) is 22.6. The maximum absolute atomic E-state index is 14.7. The summed E-state index contributed by atoms with van der Waals surface area (Å²) in [7, 11) is 6.95. The summed E-state index contributed by atoms with van der Waals surface area (Å²) in [6, 6.07) is 9.11. The van der Waals surface area contributed by atoms with Gasteiger partial charge in [0.2, 0.25) is 0 Å². The number of hydrogen-bond acceptors (Lipinski definition) is 15. The highest BCUT2D eigenvalue weighted by molar-refractivity contribution is 5.89. The summed E-state index contributed by atoms with van der Waals surface area (Å²) in [5.74, 6) is -2.73. The molecule has 356 valence electrons. The van der Waals surface area contributed by atoms with Crippen LogP contribution in [0.5, 0.6) is 5.75 Å². The summed E-state index contributed by atoms with van der Waals surface area (Å²) in [5.41, 5.74) is -3.42. The topological polar surface area (TPSA) is 187 Å². The van der Waals surface area contributed by atoms with Crippen molar-refractivity contribution in [2.75, 3.05) is 41.5 Å². The number of rotatable bonds is 13. The largest absolute Gasteiger partial charge is 0.490 e. The minimum absolute atomic E-state index is 0.0631. The van der Waals surface area contributed by atoms with Gasteiger partial charge in [0.05, 0.1) is 53.0 Å². The van der Waals surface area contributed by atoms with E-state index < -0.39 is 95.6 Å². The number of benzene rings is 1. The van der Waals surface area contributed by atoms with Gasteiger partial charge in [-0.2, -0.15) is 0 Å². The number of Topliss-reactive ketones (excluding diaryl/α,β-unsaturated/α-hetero) is 1. The summed E-state index contributed by atoms with van der Waals surface area (Å²) >= 11 is 0. The third-order valence-corrected chi connectivity index (χ3v) is 14.3.